The fraction of sp³-hybridized carbons (Fsp3) is 0.533. The van der Waals surface area contributed by atoms with Crippen LogP contribution in [0.5, 0.6) is 0 Å². The quantitative estimate of drug-likeness (QED) is 0.584. The summed E-state index contributed by atoms with van der Waals surface area (Å²) in [5, 5.41) is 4.09. The molecule has 0 saturated heterocycles. The molecule has 4 heteroatoms. The van der Waals surface area contributed by atoms with Crippen molar-refractivity contribution in [3.8, 4) is 0 Å². The van der Waals surface area contributed by atoms with Crippen LogP contribution in [0.25, 0.3) is 0 Å². The average molecular weight is 280 g/mol. The number of halogens is 1. The first-order chi connectivity index (χ1) is 9.26. The zero-order valence-electron chi connectivity index (χ0n) is 11.5. The van der Waals surface area contributed by atoms with Gasteiger partial charge in [-0.3, -0.25) is 0 Å². The Bertz CT molecular complexity index is 429. The summed E-state index contributed by atoms with van der Waals surface area (Å²) in [6, 6.07) is 4.59. The number of aromatic nitrogens is 1. The van der Waals surface area contributed by atoms with Crippen molar-refractivity contribution in [1.29, 1.82) is 0 Å². The van der Waals surface area contributed by atoms with E-state index in [-0.39, 0.29) is 0 Å². The van der Waals surface area contributed by atoms with Crippen LogP contribution in [0.1, 0.15) is 31.9 Å². The third kappa shape index (κ3) is 3.95. The number of hydrogen-bond donors (Lipinski definition) is 1. The molecule has 19 heavy (non-hydrogen) atoms. The Hall–Kier alpha value is -1.06. The molecule has 2 rings (SSSR count). The minimum atomic E-state index is 0.628. The number of nitrogens with one attached hydrogen (secondary N) is 1. The smallest absolute Gasteiger partial charge is 0.129 e. The number of rotatable bonds is 8. The van der Waals surface area contributed by atoms with E-state index in [2.05, 4.69) is 23.7 Å². The maximum Gasteiger partial charge on any atom is 0.129 e. The first-order valence-electron chi connectivity index (χ1n) is 7.00. The number of pyridine rings is 1. The topological polar surface area (TPSA) is 28.2 Å². The van der Waals surface area contributed by atoms with Gasteiger partial charge in [0.25, 0.3) is 0 Å². The molecule has 0 aliphatic heterocycles. The monoisotopic (exact) mass is 279 g/mol. The van der Waals surface area contributed by atoms with E-state index in [0.717, 1.165) is 42.6 Å². The summed E-state index contributed by atoms with van der Waals surface area (Å²) < 4.78 is 0. The van der Waals surface area contributed by atoms with Crippen molar-refractivity contribution >= 4 is 17.4 Å². The molecule has 0 spiro atoms. The van der Waals surface area contributed by atoms with Gasteiger partial charge < -0.3 is 10.2 Å². The van der Waals surface area contributed by atoms with E-state index in [9.17, 15) is 0 Å². The van der Waals surface area contributed by atoms with Crippen molar-refractivity contribution in [3.63, 3.8) is 0 Å². The molecule has 0 bridgehead atoms. The lowest BCUT2D eigenvalue weighted by molar-refractivity contribution is 0.663. The molecule has 0 atom stereocenters. The summed E-state index contributed by atoms with van der Waals surface area (Å²) in [5.41, 5.74) is 0.933. The zero-order chi connectivity index (χ0) is 13.7. The zero-order valence-corrected chi connectivity index (χ0v) is 12.3. The van der Waals surface area contributed by atoms with Gasteiger partial charge in [0.2, 0.25) is 0 Å². The second-order valence-corrected chi connectivity index (χ2v) is 5.35. The van der Waals surface area contributed by atoms with E-state index in [0.29, 0.717) is 6.04 Å². The maximum atomic E-state index is 6.21. The summed E-state index contributed by atoms with van der Waals surface area (Å²) in [5.74, 6) is 1.01. The van der Waals surface area contributed by atoms with E-state index in [1.165, 1.54) is 12.8 Å². The van der Waals surface area contributed by atoms with Gasteiger partial charge in [0.1, 0.15) is 5.82 Å². The summed E-state index contributed by atoms with van der Waals surface area (Å²) in [6.45, 7) is 8.54. The van der Waals surface area contributed by atoms with E-state index in [1.54, 1.807) is 0 Å². The van der Waals surface area contributed by atoms with E-state index < -0.39 is 0 Å². The van der Waals surface area contributed by atoms with Gasteiger partial charge in [-0.15, -0.1) is 6.58 Å². The molecule has 1 aliphatic rings. The molecule has 1 fully saturated rings. The van der Waals surface area contributed by atoms with Gasteiger partial charge in [-0.05, 0) is 37.9 Å². The Kier molecular flexibility index (Phi) is 5.23. The summed E-state index contributed by atoms with van der Waals surface area (Å²) >= 11 is 6.21. The summed E-state index contributed by atoms with van der Waals surface area (Å²) in [4.78, 5) is 7.02. The molecule has 1 aliphatic carbocycles. The van der Waals surface area contributed by atoms with Crippen molar-refractivity contribution in [2.45, 2.75) is 38.8 Å². The lowest BCUT2D eigenvalue weighted by Crippen LogP contribution is -2.27. The second kappa shape index (κ2) is 6.92. The van der Waals surface area contributed by atoms with Crippen LogP contribution in [0.4, 0.5) is 5.82 Å². The van der Waals surface area contributed by atoms with Crippen molar-refractivity contribution in [2.24, 2.45) is 0 Å². The van der Waals surface area contributed by atoms with Crippen LogP contribution in [-0.4, -0.2) is 24.1 Å². The average Bonchev–Trinajstić information content (AvgIpc) is 3.23. The lowest BCUT2D eigenvalue weighted by atomic mass is 10.3. The van der Waals surface area contributed by atoms with Gasteiger partial charge in [0.05, 0.1) is 10.7 Å². The predicted octanol–water partition coefficient (Wildman–Crippen LogP) is 3.39. The molecule has 0 aromatic carbocycles. The van der Waals surface area contributed by atoms with E-state index in [4.69, 9.17) is 16.6 Å². The molecule has 1 saturated carbocycles. The minimum Gasteiger partial charge on any atom is -0.350 e. The highest BCUT2D eigenvalue weighted by Gasteiger charge is 2.29. The van der Waals surface area contributed by atoms with Gasteiger partial charge in [-0.1, -0.05) is 24.6 Å². The molecule has 1 aromatic rings. The normalized spacial score (nSPS) is 14.4. The molecule has 3 nitrogen and oxygen atoms in total. The largest absolute Gasteiger partial charge is 0.350 e. The van der Waals surface area contributed by atoms with Crippen molar-refractivity contribution in [2.75, 3.05) is 18.0 Å². The van der Waals surface area contributed by atoms with Crippen molar-refractivity contribution in [3.05, 3.63) is 35.5 Å². The number of anilines is 1. The lowest BCUT2D eigenvalue weighted by Gasteiger charge is -2.22. The SMILES string of the molecule is C=CCN(c1ccc(Cl)c(CNCCC)n1)C1CC1. The molecule has 0 radical (unpaired) electrons. The molecule has 1 heterocycles. The molecule has 1 aromatic heterocycles. The highest BCUT2D eigenvalue weighted by atomic mass is 35.5. The standard InChI is InChI=1S/C15H22ClN3/c1-3-9-17-11-14-13(16)7-8-15(18-14)19(10-4-2)12-5-6-12/h4,7-8,12,17H,2-3,5-6,9-11H2,1H3. The fourth-order valence-corrected chi connectivity index (χ4v) is 2.27. The van der Waals surface area contributed by atoms with Crippen LogP contribution >= 0.6 is 11.6 Å². The van der Waals surface area contributed by atoms with Crippen LogP contribution in [0.15, 0.2) is 24.8 Å². The first kappa shape index (κ1) is 14.4. The number of nitrogens with zero attached hydrogens (tertiary/aromatic N) is 2. The maximum absolute atomic E-state index is 6.21. The Morgan fingerprint density at radius 2 is 2.32 bits per heavy atom. The summed E-state index contributed by atoms with van der Waals surface area (Å²) in [7, 11) is 0. The van der Waals surface area contributed by atoms with Crippen LogP contribution in [-0.2, 0) is 6.54 Å². The van der Waals surface area contributed by atoms with Gasteiger partial charge in [-0.2, -0.15) is 0 Å². The minimum absolute atomic E-state index is 0.628. The fourth-order valence-electron chi connectivity index (χ4n) is 2.10. The van der Waals surface area contributed by atoms with Gasteiger partial charge in [0.15, 0.2) is 0 Å². The highest BCUT2D eigenvalue weighted by Crippen LogP contribution is 2.31. The first-order valence-corrected chi connectivity index (χ1v) is 7.37. The van der Waals surface area contributed by atoms with Crippen molar-refractivity contribution < 1.29 is 0 Å². The van der Waals surface area contributed by atoms with Gasteiger partial charge in [-0.25, -0.2) is 4.98 Å². The van der Waals surface area contributed by atoms with E-state index in [1.807, 2.05) is 18.2 Å². The Morgan fingerprint density at radius 3 is 2.95 bits per heavy atom. The van der Waals surface area contributed by atoms with Crippen LogP contribution in [0, 0.1) is 0 Å². The third-order valence-electron chi connectivity index (χ3n) is 3.23. The summed E-state index contributed by atoms with van der Waals surface area (Å²) in [6.07, 6.45) is 5.55. The molecule has 1 N–H and O–H groups in total. The second-order valence-electron chi connectivity index (χ2n) is 4.95. The third-order valence-corrected chi connectivity index (χ3v) is 3.57. The van der Waals surface area contributed by atoms with Crippen LogP contribution in [0.2, 0.25) is 5.02 Å². The molecule has 0 unspecified atom stereocenters. The van der Waals surface area contributed by atoms with Crippen molar-refractivity contribution in [1.82, 2.24) is 10.3 Å². The Morgan fingerprint density at radius 1 is 1.53 bits per heavy atom. The highest BCUT2D eigenvalue weighted by molar-refractivity contribution is 6.31. The Labute approximate surface area is 120 Å². The van der Waals surface area contributed by atoms with Gasteiger partial charge >= 0.3 is 0 Å². The van der Waals surface area contributed by atoms with Crippen LogP contribution in [0.3, 0.4) is 0 Å². The van der Waals surface area contributed by atoms with Gasteiger partial charge in [0, 0.05) is 19.1 Å². The molecular formula is C15H22ClN3. The molecule has 104 valence electrons. The van der Waals surface area contributed by atoms with E-state index >= 15 is 0 Å². The molecular weight excluding hydrogens is 258 g/mol. The number of hydrogen-bond acceptors (Lipinski definition) is 3. The Balaban J connectivity index is 2.11. The van der Waals surface area contributed by atoms with Crippen LogP contribution < -0.4 is 10.2 Å². The molecule has 0 amide bonds. The predicted molar refractivity (Wildman–Crippen MR) is 81.8 cm³/mol.